The number of piperazine rings is 1. The van der Waals surface area contributed by atoms with Crippen molar-refractivity contribution < 1.29 is 9.53 Å². The Morgan fingerprint density at radius 3 is 2.79 bits per heavy atom. The van der Waals surface area contributed by atoms with Crippen LogP contribution in [-0.2, 0) is 16.1 Å². The van der Waals surface area contributed by atoms with Crippen LogP contribution in [0.5, 0.6) is 0 Å². The number of nitriles is 1. The molecule has 0 atom stereocenters. The Hall–Kier alpha value is -3.70. The van der Waals surface area contributed by atoms with Crippen LogP contribution in [0.1, 0.15) is 5.56 Å². The monoisotopic (exact) mass is 388 g/mol. The summed E-state index contributed by atoms with van der Waals surface area (Å²) in [4.78, 5) is 23.6. The molecule has 4 rings (SSSR count). The Bertz CT molecular complexity index is 1000. The average Bonchev–Trinajstić information content (AvgIpc) is 2.79. The lowest BCUT2D eigenvalue weighted by molar-refractivity contribution is -0.139. The van der Waals surface area contributed by atoms with E-state index in [-0.39, 0.29) is 12.2 Å². The number of aliphatic imine (C=N–C) groups is 1. The van der Waals surface area contributed by atoms with E-state index in [4.69, 9.17) is 9.73 Å². The highest BCUT2D eigenvalue weighted by Crippen LogP contribution is 2.32. The molecule has 0 saturated carbocycles. The summed E-state index contributed by atoms with van der Waals surface area (Å²) in [5, 5.41) is 16.3. The summed E-state index contributed by atoms with van der Waals surface area (Å²) in [5.41, 5.74) is 2.55. The number of para-hydroxylation sites is 2. The van der Waals surface area contributed by atoms with Crippen LogP contribution in [0.2, 0.25) is 0 Å². The molecule has 2 aromatic rings. The van der Waals surface area contributed by atoms with Crippen molar-refractivity contribution in [1.82, 2.24) is 15.2 Å². The smallest absolute Gasteiger partial charge is 0.351 e. The molecule has 3 heterocycles. The van der Waals surface area contributed by atoms with E-state index in [9.17, 15) is 10.1 Å². The summed E-state index contributed by atoms with van der Waals surface area (Å²) < 4.78 is 5.37. The average molecular weight is 388 g/mol. The second-order valence-corrected chi connectivity index (χ2v) is 6.61. The molecule has 0 amide bonds. The van der Waals surface area contributed by atoms with E-state index >= 15 is 0 Å². The molecule has 1 aromatic carbocycles. The maximum Gasteiger partial charge on any atom is 0.351 e. The number of nitrogens with one attached hydrogen (secondary N) is 2. The van der Waals surface area contributed by atoms with Crippen molar-refractivity contribution in [3.8, 4) is 6.07 Å². The van der Waals surface area contributed by atoms with Gasteiger partial charge in [0.15, 0.2) is 11.4 Å². The van der Waals surface area contributed by atoms with Crippen LogP contribution in [-0.4, -0.2) is 47.9 Å². The highest BCUT2D eigenvalue weighted by molar-refractivity contribution is 6.12. The number of esters is 1. The molecule has 0 bridgehead atoms. The quantitative estimate of drug-likeness (QED) is 0.471. The third kappa shape index (κ3) is 4.10. The van der Waals surface area contributed by atoms with Crippen LogP contribution in [0.3, 0.4) is 0 Å². The fourth-order valence-corrected chi connectivity index (χ4v) is 3.23. The Morgan fingerprint density at radius 1 is 1.21 bits per heavy atom. The van der Waals surface area contributed by atoms with Gasteiger partial charge < -0.3 is 20.3 Å². The van der Waals surface area contributed by atoms with E-state index in [0.29, 0.717) is 11.5 Å². The first-order chi connectivity index (χ1) is 14.3. The lowest BCUT2D eigenvalue weighted by Gasteiger charge is -2.34. The molecule has 1 aromatic heterocycles. The van der Waals surface area contributed by atoms with E-state index in [1.165, 1.54) is 0 Å². The van der Waals surface area contributed by atoms with E-state index in [0.717, 1.165) is 43.1 Å². The van der Waals surface area contributed by atoms with Gasteiger partial charge in [0.2, 0.25) is 0 Å². The first kappa shape index (κ1) is 18.7. The maximum absolute atomic E-state index is 12.7. The topological polar surface area (TPSA) is 103 Å². The third-order valence-corrected chi connectivity index (χ3v) is 4.69. The normalized spacial score (nSPS) is 17.3. The number of fused-ring (bicyclic) bond motifs is 1. The number of benzene rings is 1. The molecule has 1 saturated heterocycles. The van der Waals surface area contributed by atoms with Crippen LogP contribution in [0.25, 0.3) is 0 Å². The Morgan fingerprint density at radius 2 is 2.03 bits per heavy atom. The highest BCUT2D eigenvalue weighted by Gasteiger charge is 2.29. The van der Waals surface area contributed by atoms with Crippen molar-refractivity contribution >= 4 is 23.2 Å². The summed E-state index contributed by atoms with van der Waals surface area (Å²) in [6, 6.07) is 13.1. The zero-order valence-corrected chi connectivity index (χ0v) is 15.8. The molecule has 8 nitrogen and oxygen atoms in total. The minimum atomic E-state index is -0.693. The van der Waals surface area contributed by atoms with Gasteiger partial charge in [0.05, 0.1) is 11.4 Å². The molecule has 0 radical (unpaired) electrons. The molecule has 146 valence electrons. The number of aromatic nitrogens is 1. The number of hydrogen-bond acceptors (Lipinski definition) is 8. The zero-order chi connectivity index (χ0) is 20.1. The van der Waals surface area contributed by atoms with Crippen LogP contribution in [0.15, 0.2) is 65.1 Å². The molecular formula is C21H20N6O2. The van der Waals surface area contributed by atoms with Gasteiger partial charge in [-0.3, -0.25) is 4.98 Å². The van der Waals surface area contributed by atoms with Gasteiger partial charge >= 0.3 is 5.97 Å². The van der Waals surface area contributed by atoms with Gasteiger partial charge in [-0.25, -0.2) is 9.79 Å². The summed E-state index contributed by atoms with van der Waals surface area (Å²) in [6.07, 6.45) is 3.27. The number of amidine groups is 1. The molecule has 1 fully saturated rings. The van der Waals surface area contributed by atoms with Crippen molar-refractivity contribution in [1.29, 1.82) is 5.26 Å². The maximum atomic E-state index is 12.7. The summed E-state index contributed by atoms with van der Waals surface area (Å²) in [6.45, 7) is 3.12. The van der Waals surface area contributed by atoms with Crippen molar-refractivity contribution in [2.75, 3.05) is 31.5 Å². The summed E-state index contributed by atoms with van der Waals surface area (Å²) >= 11 is 0. The molecular weight excluding hydrogens is 368 g/mol. The van der Waals surface area contributed by atoms with E-state index in [2.05, 4.69) is 20.5 Å². The van der Waals surface area contributed by atoms with Crippen LogP contribution in [0, 0.1) is 11.3 Å². The molecule has 8 heteroatoms. The fraction of sp³-hybridized carbons (Fsp3) is 0.238. The van der Waals surface area contributed by atoms with E-state index in [1.54, 1.807) is 18.5 Å². The van der Waals surface area contributed by atoms with Crippen LogP contribution < -0.4 is 10.6 Å². The first-order valence-electron chi connectivity index (χ1n) is 9.37. The second kappa shape index (κ2) is 8.54. The lowest BCUT2D eigenvalue weighted by atomic mass is 10.1. The molecule has 2 aliphatic rings. The SMILES string of the molecule is N#CC(C(=O)OCc1cccnc1)=C1Nc2ccccc2N=C1N1CCNCC1. The van der Waals surface area contributed by atoms with Crippen molar-refractivity contribution in [3.05, 3.63) is 65.6 Å². The number of ether oxygens (including phenoxy) is 1. The van der Waals surface area contributed by atoms with Gasteiger partial charge in [-0.15, -0.1) is 0 Å². The van der Waals surface area contributed by atoms with Gasteiger partial charge in [0.25, 0.3) is 0 Å². The van der Waals surface area contributed by atoms with Crippen LogP contribution in [0.4, 0.5) is 11.4 Å². The van der Waals surface area contributed by atoms with Crippen molar-refractivity contribution in [3.63, 3.8) is 0 Å². The molecule has 0 unspecified atom stereocenters. The van der Waals surface area contributed by atoms with Crippen LogP contribution >= 0.6 is 0 Å². The Kier molecular flexibility index (Phi) is 5.49. The predicted octanol–water partition coefficient (Wildman–Crippen LogP) is 1.96. The number of rotatable bonds is 3. The number of anilines is 1. The van der Waals surface area contributed by atoms with Crippen molar-refractivity contribution in [2.24, 2.45) is 4.99 Å². The zero-order valence-electron chi connectivity index (χ0n) is 15.8. The summed E-state index contributed by atoms with van der Waals surface area (Å²) in [5.74, 6) is -0.110. The van der Waals surface area contributed by atoms with Gasteiger partial charge in [-0.1, -0.05) is 18.2 Å². The number of hydrogen-bond donors (Lipinski definition) is 2. The number of nitrogens with zero attached hydrogens (tertiary/aromatic N) is 4. The number of pyridine rings is 1. The van der Waals surface area contributed by atoms with Gasteiger partial charge in [-0.05, 0) is 18.2 Å². The summed E-state index contributed by atoms with van der Waals surface area (Å²) in [7, 11) is 0. The molecule has 2 aliphatic heterocycles. The fourth-order valence-electron chi connectivity index (χ4n) is 3.23. The van der Waals surface area contributed by atoms with E-state index < -0.39 is 5.97 Å². The minimum absolute atomic E-state index is 0.0435. The largest absolute Gasteiger partial charge is 0.457 e. The van der Waals surface area contributed by atoms with Crippen molar-refractivity contribution in [2.45, 2.75) is 6.61 Å². The standard InChI is InChI=1S/C21H20N6O2/c22-12-16(21(28)29-14-15-4-3-7-24-13-15)19-20(27-10-8-23-9-11-27)26-18-6-2-1-5-17(18)25-19/h1-7,13,23,25H,8-11,14H2. The predicted molar refractivity (Wildman–Crippen MR) is 108 cm³/mol. The van der Waals surface area contributed by atoms with Gasteiger partial charge in [-0.2, -0.15) is 5.26 Å². The van der Waals surface area contributed by atoms with E-state index in [1.807, 2.05) is 36.4 Å². The molecule has 29 heavy (non-hydrogen) atoms. The highest BCUT2D eigenvalue weighted by atomic mass is 16.5. The van der Waals surface area contributed by atoms with Gasteiger partial charge in [0.1, 0.15) is 18.4 Å². The molecule has 2 N–H and O–H groups in total. The molecule has 0 aliphatic carbocycles. The number of carbonyl (C=O) groups is 1. The second-order valence-electron chi connectivity index (χ2n) is 6.61. The lowest BCUT2D eigenvalue weighted by Crippen LogP contribution is -2.48. The first-order valence-corrected chi connectivity index (χ1v) is 9.37. The number of carbonyl (C=O) groups excluding carboxylic acids is 1. The molecule has 0 spiro atoms. The Labute approximate surface area is 168 Å². The van der Waals surface area contributed by atoms with Gasteiger partial charge in [0, 0.05) is 44.1 Å². The minimum Gasteiger partial charge on any atom is -0.457 e. The Balaban J connectivity index is 1.67. The third-order valence-electron chi connectivity index (χ3n) is 4.69.